The number of non-ortho nitro benzene ring substituents is 1. The molecule has 30 heavy (non-hydrogen) atoms. The number of nitrogens with zero attached hydrogens (tertiary/aromatic N) is 2. The molecule has 0 aliphatic heterocycles. The van der Waals surface area contributed by atoms with Crippen molar-refractivity contribution in [2.75, 3.05) is 5.32 Å². The first-order valence-corrected chi connectivity index (χ1v) is 9.34. The van der Waals surface area contributed by atoms with Crippen LogP contribution in [0, 0.1) is 21.4 Å². The topological polar surface area (TPSA) is 109 Å². The summed E-state index contributed by atoms with van der Waals surface area (Å²) in [6.45, 7) is 0. The van der Waals surface area contributed by atoms with Crippen molar-refractivity contribution < 1.29 is 14.1 Å². The first-order valence-electron chi connectivity index (χ1n) is 8.21. The molecule has 0 bridgehead atoms. The largest absolute Gasteiger partial charge is 0.457 e. The van der Waals surface area contributed by atoms with Crippen LogP contribution in [0.2, 0.25) is 15.1 Å². The fourth-order valence-corrected chi connectivity index (χ4v) is 2.90. The molecule has 150 valence electrons. The second-order valence-corrected chi connectivity index (χ2v) is 7.10. The summed E-state index contributed by atoms with van der Waals surface area (Å²) >= 11 is 17.9. The number of furan rings is 1. The minimum atomic E-state index is -0.799. The number of rotatable bonds is 5. The Morgan fingerprint density at radius 2 is 1.80 bits per heavy atom. The van der Waals surface area contributed by atoms with E-state index in [-0.39, 0.29) is 27.7 Å². The molecule has 0 atom stereocenters. The van der Waals surface area contributed by atoms with Crippen molar-refractivity contribution in [2.24, 2.45) is 0 Å². The van der Waals surface area contributed by atoms with E-state index in [1.165, 1.54) is 18.2 Å². The van der Waals surface area contributed by atoms with Gasteiger partial charge in [0.25, 0.3) is 11.6 Å². The Morgan fingerprint density at radius 3 is 2.47 bits per heavy atom. The normalized spacial score (nSPS) is 11.1. The van der Waals surface area contributed by atoms with Gasteiger partial charge in [0.2, 0.25) is 0 Å². The standard InChI is InChI=1S/C20H10Cl3N3O4/c21-15-4-1-11(8-17(15)23)19-6-3-14(30-19)7-12(10-24)20(27)25-18-9-13(26(28)29)2-5-16(18)22/h1-9H,(H,25,27)/b12-7+. The lowest BCUT2D eigenvalue weighted by Crippen LogP contribution is -2.13. The minimum Gasteiger partial charge on any atom is -0.457 e. The van der Waals surface area contributed by atoms with Crippen LogP contribution in [0.5, 0.6) is 0 Å². The molecule has 1 aromatic heterocycles. The molecule has 1 amide bonds. The lowest BCUT2D eigenvalue weighted by Gasteiger charge is -2.06. The fourth-order valence-electron chi connectivity index (χ4n) is 2.44. The third-order valence-corrected chi connectivity index (χ3v) is 4.96. The van der Waals surface area contributed by atoms with Crippen LogP contribution in [0.1, 0.15) is 5.76 Å². The van der Waals surface area contributed by atoms with Crippen molar-refractivity contribution in [3.8, 4) is 17.4 Å². The predicted molar refractivity (Wildman–Crippen MR) is 114 cm³/mol. The van der Waals surface area contributed by atoms with Crippen LogP contribution in [0.3, 0.4) is 0 Å². The van der Waals surface area contributed by atoms with Crippen LogP contribution < -0.4 is 5.32 Å². The smallest absolute Gasteiger partial charge is 0.271 e. The lowest BCUT2D eigenvalue weighted by molar-refractivity contribution is -0.384. The maximum absolute atomic E-state index is 12.4. The zero-order valence-electron chi connectivity index (χ0n) is 14.9. The molecule has 0 fully saturated rings. The third kappa shape index (κ3) is 4.81. The Morgan fingerprint density at radius 1 is 1.07 bits per heavy atom. The van der Waals surface area contributed by atoms with Crippen molar-refractivity contribution in [3.05, 3.63) is 85.0 Å². The molecule has 2 aromatic carbocycles. The molecule has 1 N–H and O–H groups in total. The Hall–Kier alpha value is -3.31. The van der Waals surface area contributed by atoms with Crippen molar-refractivity contribution in [2.45, 2.75) is 0 Å². The summed E-state index contributed by atoms with van der Waals surface area (Å²) in [5.41, 5.74) is 0.130. The Bertz CT molecular complexity index is 1230. The number of benzene rings is 2. The van der Waals surface area contributed by atoms with Crippen LogP contribution in [0.25, 0.3) is 17.4 Å². The number of nitrogens with one attached hydrogen (secondary N) is 1. The SMILES string of the molecule is N#C/C(=C\c1ccc(-c2ccc(Cl)c(Cl)c2)o1)C(=O)Nc1cc([N+](=O)[O-])ccc1Cl. The van der Waals surface area contributed by atoms with E-state index in [0.29, 0.717) is 21.4 Å². The summed E-state index contributed by atoms with van der Waals surface area (Å²) in [4.78, 5) is 22.7. The van der Waals surface area contributed by atoms with Gasteiger partial charge in [-0.2, -0.15) is 5.26 Å². The molecule has 0 unspecified atom stereocenters. The van der Waals surface area contributed by atoms with E-state index in [1.54, 1.807) is 36.4 Å². The van der Waals surface area contributed by atoms with Gasteiger partial charge < -0.3 is 9.73 Å². The Labute approximate surface area is 185 Å². The van der Waals surface area contributed by atoms with E-state index >= 15 is 0 Å². The molecule has 0 aliphatic carbocycles. The van der Waals surface area contributed by atoms with Gasteiger partial charge in [-0.05, 0) is 36.4 Å². The number of nitro groups is 1. The van der Waals surface area contributed by atoms with Crippen LogP contribution in [-0.4, -0.2) is 10.8 Å². The minimum absolute atomic E-state index is 0.00737. The maximum atomic E-state index is 12.4. The van der Waals surface area contributed by atoms with Gasteiger partial charge in [0.15, 0.2) is 0 Å². The number of halogens is 3. The van der Waals surface area contributed by atoms with Crippen molar-refractivity contribution in [1.82, 2.24) is 0 Å². The second kappa shape index (κ2) is 9.01. The van der Waals surface area contributed by atoms with Gasteiger partial charge in [0.05, 0.1) is 25.7 Å². The number of anilines is 1. The summed E-state index contributed by atoms with van der Waals surface area (Å²) in [5.74, 6) is -0.0976. The molecule has 0 saturated heterocycles. The number of carbonyl (C=O) groups excluding carboxylic acids is 1. The first-order chi connectivity index (χ1) is 14.3. The molecule has 7 nitrogen and oxygen atoms in total. The van der Waals surface area contributed by atoms with Crippen LogP contribution in [-0.2, 0) is 4.79 Å². The van der Waals surface area contributed by atoms with Gasteiger partial charge in [0, 0.05) is 23.8 Å². The monoisotopic (exact) mass is 461 g/mol. The third-order valence-electron chi connectivity index (χ3n) is 3.89. The van der Waals surface area contributed by atoms with E-state index in [4.69, 9.17) is 39.2 Å². The van der Waals surface area contributed by atoms with E-state index in [9.17, 15) is 20.2 Å². The van der Waals surface area contributed by atoms with Crippen molar-refractivity contribution >= 4 is 58.2 Å². The fraction of sp³-hybridized carbons (Fsp3) is 0. The molecule has 10 heteroatoms. The molecule has 1 heterocycles. The van der Waals surface area contributed by atoms with Gasteiger partial charge in [-0.25, -0.2) is 0 Å². The van der Waals surface area contributed by atoms with Gasteiger partial charge in [-0.1, -0.05) is 34.8 Å². The average molecular weight is 463 g/mol. The van der Waals surface area contributed by atoms with Crippen molar-refractivity contribution in [3.63, 3.8) is 0 Å². The van der Waals surface area contributed by atoms with Gasteiger partial charge in [0.1, 0.15) is 23.2 Å². The van der Waals surface area contributed by atoms with Gasteiger partial charge >= 0.3 is 0 Å². The highest BCUT2D eigenvalue weighted by atomic mass is 35.5. The number of nitriles is 1. The quantitative estimate of drug-likeness (QED) is 0.205. The Balaban J connectivity index is 1.84. The molecule has 0 radical (unpaired) electrons. The van der Waals surface area contributed by atoms with Crippen LogP contribution >= 0.6 is 34.8 Å². The summed E-state index contributed by atoms with van der Waals surface area (Å²) in [6.07, 6.45) is 1.24. The first kappa shape index (κ1) is 21.4. The molecule has 3 aromatic rings. The number of carbonyl (C=O) groups is 1. The zero-order chi connectivity index (χ0) is 21.8. The molecular formula is C20H10Cl3N3O4. The van der Waals surface area contributed by atoms with E-state index in [1.807, 2.05) is 0 Å². The summed E-state index contributed by atoms with van der Waals surface area (Å²) < 4.78 is 5.65. The molecule has 3 rings (SSSR count). The Kier molecular flexibility index (Phi) is 6.43. The van der Waals surface area contributed by atoms with Crippen LogP contribution in [0.4, 0.5) is 11.4 Å². The van der Waals surface area contributed by atoms with E-state index < -0.39 is 10.8 Å². The average Bonchev–Trinajstić information content (AvgIpc) is 3.18. The second-order valence-electron chi connectivity index (χ2n) is 5.88. The van der Waals surface area contributed by atoms with Crippen molar-refractivity contribution in [1.29, 1.82) is 5.26 Å². The molecule has 0 aliphatic rings. The number of nitro benzene ring substituents is 1. The van der Waals surface area contributed by atoms with Gasteiger partial charge in [-0.3, -0.25) is 14.9 Å². The summed E-state index contributed by atoms with van der Waals surface area (Å²) in [5, 5.41) is 23.5. The highest BCUT2D eigenvalue weighted by molar-refractivity contribution is 6.42. The summed E-state index contributed by atoms with van der Waals surface area (Å²) in [7, 11) is 0. The summed E-state index contributed by atoms with van der Waals surface area (Å²) in [6, 6.07) is 13.5. The number of hydrogen-bond acceptors (Lipinski definition) is 5. The maximum Gasteiger partial charge on any atom is 0.271 e. The van der Waals surface area contributed by atoms with Crippen LogP contribution in [0.15, 0.2) is 58.5 Å². The lowest BCUT2D eigenvalue weighted by atomic mass is 10.2. The zero-order valence-corrected chi connectivity index (χ0v) is 17.1. The highest BCUT2D eigenvalue weighted by Crippen LogP contribution is 2.30. The predicted octanol–water partition coefficient (Wildman–Crippen LogP) is 6.36. The number of hydrogen-bond donors (Lipinski definition) is 1. The highest BCUT2D eigenvalue weighted by Gasteiger charge is 2.16. The van der Waals surface area contributed by atoms with E-state index in [2.05, 4.69) is 5.32 Å². The van der Waals surface area contributed by atoms with Gasteiger partial charge in [-0.15, -0.1) is 0 Å². The molecular weight excluding hydrogens is 453 g/mol. The number of amides is 1. The molecule has 0 spiro atoms. The van der Waals surface area contributed by atoms with E-state index in [0.717, 1.165) is 6.07 Å². The molecule has 0 saturated carbocycles.